The first-order chi connectivity index (χ1) is 5.17. The van der Waals surface area contributed by atoms with Crippen LogP contribution < -0.4 is 0 Å². The van der Waals surface area contributed by atoms with E-state index in [1.54, 1.807) is 0 Å². The van der Waals surface area contributed by atoms with Crippen molar-refractivity contribution in [3.8, 4) is 0 Å². The Hall–Kier alpha value is -0.0300. The quantitative estimate of drug-likeness (QED) is 0.368. The smallest absolute Gasteiger partial charge is 0.324 e. The van der Waals surface area contributed by atoms with E-state index in [4.69, 9.17) is 19.6 Å². The first kappa shape index (κ1) is 12.0. The summed E-state index contributed by atoms with van der Waals surface area (Å²) in [6, 6.07) is 0. The van der Waals surface area contributed by atoms with Crippen LogP contribution in [0.3, 0.4) is 0 Å². The van der Waals surface area contributed by atoms with Crippen LogP contribution in [0.1, 0.15) is 0 Å². The maximum absolute atomic E-state index is 10.5. The molecule has 0 spiro atoms. The lowest BCUT2D eigenvalue weighted by Gasteiger charge is -2.07. The van der Waals surface area contributed by atoms with Crippen molar-refractivity contribution in [3.05, 3.63) is 0 Å². The van der Waals surface area contributed by atoms with Gasteiger partial charge in [0.1, 0.15) is 5.45 Å². The van der Waals surface area contributed by atoms with E-state index in [1.807, 2.05) is 0 Å². The van der Waals surface area contributed by atoms with Crippen LogP contribution in [-0.4, -0.2) is 38.2 Å². The summed E-state index contributed by atoms with van der Waals surface area (Å²) in [4.78, 5) is 36.8. The standard InChI is InChI=1S/C3H9NO6P2/c1-4-3(12(8,9)10)2-11(5,6)7/h2H2,1H3,(H2,5,6,7)(H2,8,9,10). The molecule has 0 aromatic heterocycles. The van der Waals surface area contributed by atoms with Gasteiger partial charge in [0, 0.05) is 7.05 Å². The Morgan fingerprint density at radius 1 is 1.25 bits per heavy atom. The zero-order valence-electron chi connectivity index (χ0n) is 6.15. The molecule has 0 fully saturated rings. The molecule has 0 aromatic rings. The van der Waals surface area contributed by atoms with Crippen LogP contribution in [-0.2, 0) is 9.13 Å². The van der Waals surface area contributed by atoms with E-state index in [-0.39, 0.29) is 0 Å². The molecule has 0 radical (unpaired) electrons. The summed E-state index contributed by atoms with van der Waals surface area (Å²) in [5.74, 6) is 0. The van der Waals surface area contributed by atoms with Crippen molar-refractivity contribution in [3.63, 3.8) is 0 Å². The molecule has 0 saturated heterocycles. The van der Waals surface area contributed by atoms with E-state index in [9.17, 15) is 9.13 Å². The number of aliphatic imine (C=N–C) groups is 1. The second-order valence-electron chi connectivity index (χ2n) is 2.01. The first-order valence-electron chi connectivity index (χ1n) is 2.73. The van der Waals surface area contributed by atoms with Gasteiger partial charge in [-0.2, -0.15) is 0 Å². The Kier molecular flexibility index (Phi) is 3.78. The fourth-order valence-electron chi connectivity index (χ4n) is 0.477. The third-order valence-electron chi connectivity index (χ3n) is 0.942. The van der Waals surface area contributed by atoms with Gasteiger partial charge >= 0.3 is 15.2 Å². The van der Waals surface area contributed by atoms with E-state index in [1.165, 1.54) is 0 Å². The van der Waals surface area contributed by atoms with Crippen LogP contribution in [0, 0.1) is 0 Å². The molecule has 0 atom stereocenters. The van der Waals surface area contributed by atoms with Crippen molar-refractivity contribution in [2.45, 2.75) is 0 Å². The molecule has 4 N–H and O–H groups in total. The summed E-state index contributed by atoms with van der Waals surface area (Å²) in [6.45, 7) is 0. The summed E-state index contributed by atoms with van der Waals surface area (Å²) in [6.07, 6.45) is -1.01. The maximum atomic E-state index is 10.5. The minimum absolute atomic E-state index is 0.782. The van der Waals surface area contributed by atoms with Crippen LogP contribution in [0.2, 0.25) is 0 Å². The van der Waals surface area contributed by atoms with E-state index in [0.717, 1.165) is 7.05 Å². The predicted molar refractivity (Wildman–Crippen MR) is 42.3 cm³/mol. The zero-order valence-corrected chi connectivity index (χ0v) is 7.94. The number of rotatable bonds is 3. The zero-order chi connectivity index (χ0) is 9.99. The van der Waals surface area contributed by atoms with Gasteiger partial charge in [0.05, 0.1) is 6.16 Å². The molecule has 72 valence electrons. The Morgan fingerprint density at radius 3 is 1.75 bits per heavy atom. The van der Waals surface area contributed by atoms with Crippen molar-refractivity contribution in [2.24, 2.45) is 4.99 Å². The van der Waals surface area contributed by atoms with Gasteiger partial charge < -0.3 is 19.6 Å². The average Bonchev–Trinajstić information content (AvgIpc) is 1.78. The lowest BCUT2D eigenvalue weighted by Crippen LogP contribution is -2.06. The number of nitrogens with zero attached hydrogens (tertiary/aromatic N) is 1. The van der Waals surface area contributed by atoms with Crippen molar-refractivity contribution in [2.75, 3.05) is 13.2 Å². The minimum atomic E-state index is -4.61. The molecule has 7 nitrogen and oxygen atoms in total. The summed E-state index contributed by atoms with van der Waals surface area (Å²) in [5, 5.41) is 0. The normalized spacial score (nSPS) is 14.9. The third-order valence-corrected chi connectivity index (χ3v) is 2.93. The molecule has 0 aliphatic carbocycles. The fraction of sp³-hybridized carbons (Fsp3) is 0.667. The molecule has 9 heteroatoms. The van der Waals surface area contributed by atoms with Crippen molar-refractivity contribution in [1.82, 2.24) is 0 Å². The van der Waals surface area contributed by atoms with Gasteiger partial charge in [0.25, 0.3) is 0 Å². The van der Waals surface area contributed by atoms with E-state index >= 15 is 0 Å². The highest BCUT2D eigenvalue weighted by Crippen LogP contribution is 2.44. The first-order valence-corrected chi connectivity index (χ1v) is 6.14. The highest BCUT2D eigenvalue weighted by atomic mass is 31.2. The van der Waals surface area contributed by atoms with Gasteiger partial charge in [0.15, 0.2) is 0 Å². The van der Waals surface area contributed by atoms with Gasteiger partial charge in [-0.05, 0) is 0 Å². The van der Waals surface area contributed by atoms with Gasteiger partial charge in [-0.15, -0.1) is 0 Å². The second kappa shape index (κ2) is 3.79. The van der Waals surface area contributed by atoms with Crippen LogP contribution in [0.15, 0.2) is 4.99 Å². The van der Waals surface area contributed by atoms with Crippen LogP contribution in [0.5, 0.6) is 0 Å². The molecule has 0 saturated carbocycles. The summed E-state index contributed by atoms with van der Waals surface area (Å²) in [5.41, 5.74) is -0.782. The SMILES string of the molecule is CN=C(CP(=O)(O)O)P(=O)(O)O. The average molecular weight is 217 g/mol. The molecule has 0 heterocycles. The Bertz CT molecular complexity index is 273. The molecular formula is C3H9NO6P2. The molecule has 0 aliphatic heterocycles. The molecule has 0 rings (SSSR count). The Labute approximate surface area is 68.5 Å². The lowest BCUT2D eigenvalue weighted by atomic mass is 10.8. The van der Waals surface area contributed by atoms with Gasteiger partial charge in [-0.1, -0.05) is 0 Å². The van der Waals surface area contributed by atoms with E-state index in [2.05, 4.69) is 4.99 Å². The van der Waals surface area contributed by atoms with Crippen molar-refractivity contribution in [1.29, 1.82) is 0 Å². The van der Waals surface area contributed by atoms with Crippen molar-refractivity contribution < 1.29 is 28.7 Å². The largest absolute Gasteiger partial charge is 0.370 e. The van der Waals surface area contributed by atoms with Crippen molar-refractivity contribution >= 4 is 20.6 Å². The molecule has 12 heavy (non-hydrogen) atoms. The monoisotopic (exact) mass is 217 g/mol. The van der Waals surface area contributed by atoms with Crippen LogP contribution in [0.25, 0.3) is 0 Å². The van der Waals surface area contributed by atoms with Gasteiger partial charge in [-0.3, -0.25) is 14.1 Å². The molecular weight excluding hydrogens is 208 g/mol. The summed E-state index contributed by atoms with van der Waals surface area (Å²) >= 11 is 0. The van der Waals surface area contributed by atoms with Crippen LogP contribution in [0.4, 0.5) is 0 Å². The highest BCUT2D eigenvalue weighted by Gasteiger charge is 2.29. The minimum Gasteiger partial charge on any atom is -0.324 e. The predicted octanol–water partition coefficient (Wildman–Crippen LogP) is -0.630. The Morgan fingerprint density at radius 2 is 1.67 bits per heavy atom. The number of hydrogen-bond acceptors (Lipinski definition) is 3. The maximum Gasteiger partial charge on any atom is 0.370 e. The fourth-order valence-corrected chi connectivity index (χ4v) is 2.54. The topological polar surface area (TPSA) is 127 Å². The van der Waals surface area contributed by atoms with E-state index in [0.29, 0.717) is 0 Å². The molecule has 0 unspecified atom stereocenters. The van der Waals surface area contributed by atoms with Crippen LogP contribution >= 0.6 is 15.2 Å². The molecule has 0 amide bonds. The summed E-state index contributed by atoms with van der Waals surface area (Å²) < 4.78 is 20.8. The Balaban J connectivity index is 4.67. The summed E-state index contributed by atoms with van der Waals surface area (Å²) in [7, 11) is -8.01. The van der Waals surface area contributed by atoms with E-state index < -0.39 is 26.8 Å². The highest BCUT2D eigenvalue weighted by molar-refractivity contribution is 7.73. The van der Waals surface area contributed by atoms with Gasteiger partial charge in [-0.25, -0.2) is 0 Å². The molecule has 0 aromatic carbocycles. The number of hydrogen-bond donors (Lipinski definition) is 4. The molecule has 0 aliphatic rings. The third kappa shape index (κ3) is 4.77. The lowest BCUT2D eigenvalue weighted by molar-refractivity contribution is 0.374. The second-order valence-corrected chi connectivity index (χ2v) is 5.26. The van der Waals surface area contributed by atoms with Gasteiger partial charge in [0.2, 0.25) is 0 Å². The molecule has 0 bridgehead atoms.